The Kier molecular flexibility index (Phi) is 6.60. The molecule has 172 valence electrons. The normalized spacial score (nSPS) is 12.5. The first kappa shape index (κ1) is 22.7. The van der Waals surface area contributed by atoms with Gasteiger partial charge in [-0.15, -0.1) is 11.3 Å². The van der Waals surface area contributed by atoms with Gasteiger partial charge >= 0.3 is 5.97 Å². The number of esters is 1. The lowest BCUT2D eigenvalue weighted by atomic mass is 10.1. The molecule has 1 aromatic carbocycles. The maximum absolute atomic E-state index is 12.7. The zero-order valence-electron chi connectivity index (χ0n) is 18.7. The van der Waals surface area contributed by atoms with Crippen LogP contribution in [0.5, 0.6) is 11.5 Å². The van der Waals surface area contributed by atoms with E-state index in [-0.39, 0.29) is 31.0 Å². The number of nitrogens with zero attached hydrogens (tertiary/aromatic N) is 2. The quantitative estimate of drug-likeness (QED) is 0.364. The Bertz CT molecular complexity index is 1230. The third-order valence-electron chi connectivity index (χ3n) is 5.31. The zero-order valence-corrected chi connectivity index (χ0v) is 19.5. The van der Waals surface area contributed by atoms with Gasteiger partial charge in [-0.2, -0.15) is 0 Å². The van der Waals surface area contributed by atoms with Crippen LogP contribution in [0, 0.1) is 20.8 Å². The molecule has 1 aliphatic heterocycles. The molecule has 0 saturated carbocycles. The van der Waals surface area contributed by atoms with Gasteiger partial charge in [0.2, 0.25) is 5.78 Å². The zero-order chi connectivity index (χ0) is 23.5. The van der Waals surface area contributed by atoms with E-state index in [0.717, 1.165) is 22.2 Å². The average Bonchev–Trinajstić information content (AvgIpc) is 3.36. The molecule has 33 heavy (non-hydrogen) atoms. The first-order valence-corrected chi connectivity index (χ1v) is 11.4. The third-order valence-corrected chi connectivity index (χ3v) is 6.26. The molecule has 0 saturated heterocycles. The Morgan fingerprint density at radius 1 is 1.03 bits per heavy atom. The van der Waals surface area contributed by atoms with E-state index >= 15 is 0 Å². The van der Waals surface area contributed by atoms with E-state index in [4.69, 9.17) is 14.2 Å². The molecule has 0 atom stereocenters. The van der Waals surface area contributed by atoms with Gasteiger partial charge in [0.1, 0.15) is 13.2 Å². The van der Waals surface area contributed by atoms with Crippen molar-refractivity contribution in [2.45, 2.75) is 33.6 Å². The van der Waals surface area contributed by atoms with Crippen molar-refractivity contribution in [3.8, 4) is 16.6 Å². The number of ether oxygens (including phenoxy) is 3. The molecule has 0 N–H and O–H groups in total. The molecule has 3 heterocycles. The summed E-state index contributed by atoms with van der Waals surface area (Å²) < 4.78 is 18.0. The number of ketones is 2. The molecule has 0 spiro atoms. The van der Waals surface area contributed by atoms with Gasteiger partial charge < -0.3 is 14.2 Å². The maximum Gasteiger partial charge on any atom is 0.306 e. The van der Waals surface area contributed by atoms with Crippen LogP contribution in [-0.4, -0.2) is 46.9 Å². The molecule has 4 rings (SSSR count). The molecule has 0 fully saturated rings. The minimum Gasteiger partial charge on any atom is -0.486 e. The summed E-state index contributed by atoms with van der Waals surface area (Å²) in [5.74, 6) is 0.0103. The van der Waals surface area contributed by atoms with Gasteiger partial charge in [0.25, 0.3) is 0 Å². The molecular formula is C24H24N2O6S. The number of thiazole rings is 1. The number of carbonyl (C=O) groups is 3. The first-order chi connectivity index (χ1) is 15.8. The molecule has 0 bridgehead atoms. The van der Waals surface area contributed by atoms with Gasteiger partial charge in [-0.1, -0.05) is 0 Å². The van der Waals surface area contributed by atoms with Crippen molar-refractivity contribution in [3.05, 3.63) is 57.9 Å². The van der Waals surface area contributed by atoms with Gasteiger partial charge in [-0.05, 0) is 45.0 Å². The van der Waals surface area contributed by atoms with Crippen molar-refractivity contribution in [2.75, 3.05) is 19.8 Å². The summed E-state index contributed by atoms with van der Waals surface area (Å²) in [6, 6.07) is 6.71. The second-order valence-electron chi connectivity index (χ2n) is 7.76. The topological polar surface area (TPSA) is 96.7 Å². The molecule has 2 aromatic heterocycles. The summed E-state index contributed by atoms with van der Waals surface area (Å²) in [7, 11) is 0. The fourth-order valence-corrected chi connectivity index (χ4v) is 4.57. The summed E-state index contributed by atoms with van der Waals surface area (Å²) in [4.78, 5) is 41.7. The van der Waals surface area contributed by atoms with Crippen molar-refractivity contribution in [3.63, 3.8) is 0 Å². The number of hydrogen-bond acceptors (Lipinski definition) is 8. The molecule has 3 aromatic rings. The Labute approximate surface area is 195 Å². The lowest BCUT2D eigenvalue weighted by molar-refractivity contribution is -0.142. The number of aryl methyl sites for hydroxylation is 2. The molecule has 8 nitrogen and oxygen atoms in total. The van der Waals surface area contributed by atoms with Crippen molar-refractivity contribution < 1.29 is 28.6 Å². The van der Waals surface area contributed by atoms with Crippen LogP contribution < -0.4 is 9.47 Å². The highest BCUT2D eigenvalue weighted by atomic mass is 32.1. The number of Topliss-reactive ketones (excluding diaryl/α,β-unsaturated/α-hetero) is 2. The van der Waals surface area contributed by atoms with Crippen molar-refractivity contribution >= 4 is 28.9 Å². The second kappa shape index (κ2) is 9.58. The second-order valence-corrected chi connectivity index (χ2v) is 8.59. The fraction of sp³-hybridized carbons (Fsp3) is 0.333. The number of rotatable bonds is 8. The van der Waals surface area contributed by atoms with Crippen molar-refractivity contribution in [2.24, 2.45) is 0 Å². The predicted octanol–water partition coefficient (Wildman–Crippen LogP) is 4.02. The van der Waals surface area contributed by atoms with Crippen LogP contribution in [0.1, 0.15) is 50.6 Å². The lowest BCUT2D eigenvalue weighted by Gasteiger charge is -2.18. The van der Waals surface area contributed by atoms with Crippen LogP contribution in [0.15, 0.2) is 29.6 Å². The van der Waals surface area contributed by atoms with Gasteiger partial charge in [0.05, 0.1) is 12.1 Å². The minimum atomic E-state index is -0.599. The summed E-state index contributed by atoms with van der Waals surface area (Å²) in [5, 5.41) is 2.74. The molecule has 0 amide bonds. The van der Waals surface area contributed by atoms with Crippen LogP contribution in [0.2, 0.25) is 0 Å². The molecule has 0 radical (unpaired) electrons. The summed E-state index contributed by atoms with van der Waals surface area (Å²) in [6.45, 7) is 6.17. The highest BCUT2D eigenvalue weighted by Crippen LogP contribution is 2.31. The number of hydrogen-bond donors (Lipinski definition) is 0. The van der Waals surface area contributed by atoms with Crippen molar-refractivity contribution in [1.82, 2.24) is 9.55 Å². The van der Waals surface area contributed by atoms with E-state index in [1.807, 2.05) is 30.7 Å². The first-order valence-electron chi connectivity index (χ1n) is 10.6. The maximum atomic E-state index is 12.7. The molecule has 1 aliphatic rings. The number of benzene rings is 1. The smallest absolute Gasteiger partial charge is 0.306 e. The van der Waals surface area contributed by atoms with E-state index in [1.54, 1.807) is 24.3 Å². The summed E-state index contributed by atoms with van der Waals surface area (Å²) in [6.07, 6.45) is -0.136. The Balaban J connectivity index is 1.31. The average molecular weight is 469 g/mol. The fourth-order valence-electron chi connectivity index (χ4n) is 3.66. The van der Waals surface area contributed by atoms with E-state index in [9.17, 15) is 14.4 Å². The highest BCUT2D eigenvalue weighted by Gasteiger charge is 2.20. The standard InChI is InChI=1S/C24H24N2O6S/c1-14-13-33-24(25-14)26-15(2)10-18(16(26)3)20(28)12-32-23(29)7-5-19(27)17-4-6-21-22(11-17)31-9-8-30-21/h4,6,10-11,13H,5,7-9,12H2,1-3H3. The monoisotopic (exact) mass is 468 g/mol. The SMILES string of the molecule is Cc1csc(-n2c(C)cc(C(=O)COC(=O)CCC(=O)c3ccc4c(c3)OCCO4)c2C)n1. The number of aromatic nitrogens is 2. The number of fused-ring (bicyclic) bond motifs is 1. The Morgan fingerprint density at radius 2 is 1.79 bits per heavy atom. The molecule has 9 heteroatoms. The summed E-state index contributed by atoms with van der Waals surface area (Å²) >= 11 is 1.50. The van der Waals surface area contributed by atoms with Crippen LogP contribution in [-0.2, 0) is 9.53 Å². The van der Waals surface area contributed by atoms with E-state index in [0.29, 0.717) is 35.8 Å². The Hall–Kier alpha value is -3.46. The third kappa shape index (κ3) is 4.98. The highest BCUT2D eigenvalue weighted by molar-refractivity contribution is 7.12. The van der Waals surface area contributed by atoms with Gasteiger partial charge in [0, 0.05) is 34.3 Å². The number of carbonyl (C=O) groups excluding carboxylic acids is 3. The van der Waals surface area contributed by atoms with E-state index < -0.39 is 5.97 Å². The molecule has 0 aliphatic carbocycles. The largest absolute Gasteiger partial charge is 0.486 e. The molecular weight excluding hydrogens is 444 g/mol. The Morgan fingerprint density at radius 3 is 2.52 bits per heavy atom. The van der Waals surface area contributed by atoms with Gasteiger partial charge in [-0.3, -0.25) is 19.0 Å². The van der Waals surface area contributed by atoms with Crippen LogP contribution in [0.4, 0.5) is 0 Å². The van der Waals surface area contributed by atoms with Gasteiger partial charge in [-0.25, -0.2) is 4.98 Å². The van der Waals surface area contributed by atoms with E-state index in [1.165, 1.54) is 11.3 Å². The molecule has 0 unspecified atom stereocenters. The van der Waals surface area contributed by atoms with E-state index in [2.05, 4.69) is 4.98 Å². The van der Waals surface area contributed by atoms with Gasteiger partial charge in [0.15, 0.2) is 29.0 Å². The van der Waals surface area contributed by atoms with Crippen LogP contribution in [0.25, 0.3) is 5.13 Å². The lowest BCUT2D eigenvalue weighted by Crippen LogP contribution is -2.16. The van der Waals surface area contributed by atoms with Crippen molar-refractivity contribution in [1.29, 1.82) is 0 Å². The van der Waals surface area contributed by atoms with Crippen LogP contribution in [0.3, 0.4) is 0 Å². The minimum absolute atomic E-state index is 0.0232. The van der Waals surface area contributed by atoms with Crippen LogP contribution >= 0.6 is 11.3 Å². The predicted molar refractivity (Wildman–Crippen MR) is 122 cm³/mol. The summed E-state index contributed by atoms with van der Waals surface area (Å²) in [5.41, 5.74) is 3.46.